The van der Waals surface area contributed by atoms with Crippen molar-refractivity contribution in [1.29, 1.82) is 0 Å². The number of hydrogen-bond acceptors (Lipinski definition) is 0. The second-order valence-corrected chi connectivity index (χ2v) is 13.1. The molecule has 4 bridgehead atoms. The Morgan fingerprint density at radius 2 is 1.49 bits per heavy atom. The predicted molar refractivity (Wildman–Crippen MR) is 146 cm³/mol. The summed E-state index contributed by atoms with van der Waals surface area (Å²) in [7, 11) is 2.24. The molecule has 5 aliphatic carbocycles. The van der Waals surface area contributed by atoms with E-state index in [4.69, 9.17) is 0 Å². The number of nitrogens with zero attached hydrogens (tertiary/aromatic N) is 1. The summed E-state index contributed by atoms with van der Waals surface area (Å²) in [6.07, 6.45) is 18.1. The van der Waals surface area contributed by atoms with Gasteiger partial charge in [-0.3, -0.25) is 0 Å². The molecule has 182 valence electrons. The molecule has 0 saturated heterocycles. The van der Waals surface area contributed by atoms with Crippen LogP contribution in [0.4, 0.5) is 0 Å². The molecule has 0 unspecified atom stereocenters. The molecule has 8 rings (SSSR count). The molecule has 2 aromatic carbocycles. The van der Waals surface area contributed by atoms with Crippen molar-refractivity contribution in [2.75, 3.05) is 0 Å². The second kappa shape index (κ2) is 8.19. The van der Waals surface area contributed by atoms with Crippen LogP contribution < -0.4 is 4.57 Å². The van der Waals surface area contributed by atoms with Crippen LogP contribution in [0.15, 0.2) is 42.6 Å². The molecule has 0 N–H and O–H groups in total. The van der Waals surface area contributed by atoms with Gasteiger partial charge in [-0.05, 0) is 134 Å². The van der Waals surface area contributed by atoms with E-state index in [0.717, 1.165) is 23.7 Å². The number of hydrogen-bond donors (Lipinski definition) is 0. The van der Waals surface area contributed by atoms with Crippen molar-refractivity contribution in [1.82, 2.24) is 0 Å². The van der Waals surface area contributed by atoms with Gasteiger partial charge in [0.05, 0.1) is 10.9 Å². The molecule has 3 aromatic rings. The normalized spacial score (nSPS) is 30.3. The third-order valence-electron chi connectivity index (χ3n) is 10.8. The maximum atomic E-state index is 2.60. The van der Waals surface area contributed by atoms with Crippen LogP contribution in [0.5, 0.6) is 0 Å². The Morgan fingerprint density at radius 1 is 0.800 bits per heavy atom. The number of aryl methyl sites for hydroxylation is 2. The van der Waals surface area contributed by atoms with Crippen molar-refractivity contribution >= 4 is 10.8 Å². The number of pyridine rings is 1. The van der Waals surface area contributed by atoms with E-state index in [1.807, 2.05) is 0 Å². The molecule has 5 fully saturated rings. The molecule has 0 amide bonds. The van der Waals surface area contributed by atoms with E-state index in [-0.39, 0.29) is 0 Å². The summed E-state index contributed by atoms with van der Waals surface area (Å²) in [6.45, 7) is 4.65. The van der Waals surface area contributed by atoms with Crippen LogP contribution in [0.1, 0.15) is 98.8 Å². The van der Waals surface area contributed by atoms with E-state index in [9.17, 15) is 0 Å². The molecule has 5 aliphatic rings. The monoisotopic (exact) mass is 464 g/mol. The van der Waals surface area contributed by atoms with Gasteiger partial charge in [0, 0.05) is 6.07 Å². The van der Waals surface area contributed by atoms with Gasteiger partial charge in [0.2, 0.25) is 5.69 Å². The van der Waals surface area contributed by atoms with Crippen molar-refractivity contribution in [2.24, 2.45) is 24.8 Å². The van der Waals surface area contributed by atoms with Crippen molar-refractivity contribution in [3.8, 4) is 11.3 Å². The number of fused-ring (bicyclic) bond motifs is 1. The summed E-state index contributed by atoms with van der Waals surface area (Å²) in [5.74, 6) is 3.72. The fraction of sp³-hybridized carbons (Fsp3) is 0.559. The van der Waals surface area contributed by atoms with Crippen LogP contribution in [0.2, 0.25) is 0 Å². The Labute approximate surface area is 212 Å². The van der Waals surface area contributed by atoms with Gasteiger partial charge < -0.3 is 0 Å². The maximum Gasteiger partial charge on any atom is 0.220 e. The molecule has 1 aromatic heterocycles. The fourth-order valence-electron chi connectivity index (χ4n) is 9.31. The van der Waals surface area contributed by atoms with Crippen LogP contribution in [0.25, 0.3) is 22.0 Å². The Hall–Kier alpha value is -2.15. The summed E-state index contributed by atoms with van der Waals surface area (Å²) in [6, 6.07) is 15.0. The van der Waals surface area contributed by atoms with Crippen LogP contribution in [-0.4, -0.2) is 0 Å². The lowest BCUT2D eigenvalue weighted by Crippen LogP contribution is -2.48. The molecule has 0 spiro atoms. The zero-order valence-electron chi connectivity index (χ0n) is 22.1. The zero-order chi connectivity index (χ0) is 23.7. The summed E-state index contributed by atoms with van der Waals surface area (Å²) < 4.78 is 2.37. The van der Waals surface area contributed by atoms with E-state index in [1.165, 1.54) is 104 Å². The van der Waals surface area contributed by atoms with Crippen LogP contribution >= 0.6 is 0 Å². The number of aromatic nitrogens is 1. The first kappa shape index (κ1) is 22.1. The molecular formula is C34H42N+. The summed E-state index contributed by atoms with van der Waals surface area (Å²) in [4.78, 5) is 0. The molecule has 0 aliphatic heterocycles. The molecular weight excluding hydrogens is 422 g/mol. The first-order valence-corrected chi connectivity index (χ1v) is 14.5. The van der Waals surface area contributed by atoms with Gasteiger partial charge in [0.25, 0.3) is 0 Å². The highest BCUT2D eigenvalue weighted by atomic mass is 14.9. The average molecular weight is 465 g/mol. The Kier molecular flexibility index (Phi) is 5.16. The largest absolute Gasteiger partial charge is 0.220 e. The molecule has 1 heterocycles. The summed E-state index contributed by atoms with van der Waals surface area (Å²) in [5, 5.41) is 2.86. The molecule has 1 nitrogen and oxygen atoms in total. The Balaban J connectivity index is 1.34. The molecule has 35 heavy (non-hydrogen) atoms. The van der Waals surface area contributed by atoms with Gasteiger partial charge in [0.15, 0.2) is 6.20 Å². The van der Waals surface area contributed by atoms with Crippen LogP contribution in [0, 0.1) is 31.6 Å². The van der Waals surface area contributed by atoms with E-state index < -0.39 is 0 Å². The SMILES string of the molecule is Cc1cc(C2CCCCC2)cc(-c2c3ccc(C45CC6CC(CC(C6)C4)C5)cc3cc[n+]2C)c1C. The quantitative estimate of drug-likeness (QED) is 0.342. The first-order chi connectivity index (χ1) is 17.0. The summed E-state index contributed by atoms with van der Waals surface area (Å²) >= 11 is 0. The summed E-state index contributed by atoms with van der Waals surface area (Å²) in [5.41, 5.74) is 9.43. The lowest BCUT2D eigenvalue weighted by atomic mass is 9.48. The van der Waals surface area contributed by atoms with Crippen molar-refractivity contribution in [3.63, 3.8) is 0 Å². The standard InChI is InChI=1S/C34H42N/c1-22-13-29(27-7-5-4-6-8-27)18-32(23(22)2)33-31-10-9-30(17-28(31)11-12-35(33)3)34-19-24-14-25(20-34)16-26(15-24)21-34/h9-13,17-18,24-27H,4-8,14-16,19-21H2,1-3H3/q+1. The van der Waals surface area contributed by atoms with E-state index in [1.54, 1.807) is 11.1 Å². The second-order valence-electron chi connectivity index (χ2n) is 13.1. The molecule has 0 atom stereocenters. The minimum absolute atomic E-state index is 0.467. The van der Waals surface area contributed by atoms with Gasteiger partial charge in [-0.25, -0.2) is 4.57 Å². The average Bonchev–Trinajstić information content (AvgIpc) is 2.85. The van der Waals surface area contributed by atoms with Crippen molar-refractivity contribution in [3.05, 3.63) is 64.8 Å². The molecule has 5 saturated carbocycles. The lowest BCUT2D eigenvalue weighted by Gasteiger charge is -2.57. The van der Waals surface area contributed by atoms with Gasteiger partial charge in [-0.2, -0.15) is 0 Å². The minimum Gasteiger partial charge on any atom is -0.200 e. The van der Waals surface area contributed by atoms with E-state index >= 15 is 0 Å². The van der Waals surface area contributed by atoms with Gasteiger partial charge in [0.1, 0.15) is 7.05 Å². The fourth-order valence-corrected chi connectivity index (χ4v) is 9.31. The van der Waals surface area contributed by atoms with Crippen LogP contribution in [0.3, 0.4) is 0 Å². The smallest absolute Gasteiger partial charge is 0.200 e. The zero-order valence-corrected chi connectivity index (χ0v) is 22.1. The Bertz CT molecular complexity index is 1260. The highest BCUT2D eigenvalue weighted by Crippen LogP contribution is 2.61. The lowest BCUT2D eigenvalue weighted by molar-refractivity contribution is -0.659. The highest BCUT2D eigenvalue weighted by Gasteiger charge is 2.51. The third kappa shape index (κ3) is 3.59. The predicted octanol–water partition coefficient (Wildman–Crippen LogP) is 8.46. The Morgan fingerprint density at radius 3 is 2.17 bits per heavy atom. The van der Waals surface area contributed by atoms with Gasteiger partial charge in [-0.15, -0.1) is 0 Å². The number of rotatable bonds is 3. The van der Waals surface area contributed by atoms with Crippen molar-refractivity contribution in [2.45, 2.75) is 95.8 Å². The van der Waals surface area contributed by atoms with Crippen LogP contribution in [-0.2, 0) is 12.5 Å². The molecule has 0 radical (unpaired) electrons. The van der Waals surface area contributed by atoms with Gasteiger partial charge in [-0.1, -0.05) is 37.5 Å². The van der Waals surface area contributed by atoms with E-state index in [2.05, 4.69) is 68.1 Å². The minimum atomic E-state index is 0.467. The van der Waals surface area contributed by atoms with Crippen molar-refractivity contribution < 1.29 is 4.57 Å². The highest BCUT2D eigenvalue weighted by molar-refractivity contribution is 5.94. The van der Waals surface area contributed by atoms with Gasteiger partial charge >= 0.3 is 0 Å². The topological polar surface area (TPSA) is 3.88 Å². The first-order valence-electron chi connectivity index (χ1n) is 14.5. The maximum absolute atomic E-state index is 2.60. The number of benzene rings is 2. The van der Waals surface area contributed by atoms with E-state index in [0.29, 0.717) is 5.41 Å². The third-order valence-corrected chi connectivity index (χ3v) is 10.8. The molecule has 1 heteroatoms.